The summed E-state index contributed by atoms with van der Waals surface area (Å²) in [7, 11) is 1.25. The van der Waals surface area contributed by atoms with Gasteiger partial charge in [-0.1, -0.05) is 29.3 Å². The molecule has 0 radical (unpaired) electrons. The van der Waals surface area contributed by atoms with Gasteiger partial charge in [0.05, 0.1) is 28.3 Å². The standard InChI is InChI=1S/C15H10Cl2N2O3S/c1-7-8(6-18)14(23-12(7)15(21)22-2)19-13(20)11-9(16)4-3-5-10(11)17/h3-5H,1-2H3,(H,19,20). The number of benzene rings is 1. The van der Waals surface area contributed by atoms with Gasteiger partial charge in [0.1, 0.15) is 15.9 Å². The van der Waals surface area contributed by atoms with E-state index in [9.17, 15) is 14.9 Å². The molecule has 2 rings (SSSR count). The maximum absolute atomic E-state index is 12.4. The van der Waals surface area contributed by atoms with E-state index in [2.05, 4.69) is 10.1 Å². The number of rotatable bonds is 3. The first-order chi connectivity index (χ1) is 10.9. The minimum absolute atomic E-state index is 0.102. The summed E-state index contributed by atoms with van der Waals surface area (Å²) in [6, 6.07) is 6.66. The normalized spacial score (nSPS) is 10.0. The summed E-state index contributed by atoms with van der Waals surface area (Å²) < 4.78 is 4.66. The summed E-state index contributed by atoms with van der Waals surface area (Å²) in [6.07, 6.45) is 0. The number of halogens is 2. The molecule has 0 unspecified atom stereocenters. The van der Waals surface area contributed by atoms with Crippen molar-refractivity contribution in [2.24, 2.45) is 0 Å². The van der Waals surface area contributed by atoms with Crippen LogP contribution in [-0.2, 0) is 4.74 Å². The molecule has 0 atom stereocenters. The number of anilines is 1. The first-order valence-electron chi connectivity index (χ1n) is 6.27. The first kappa shape index (κ1) is 17.3. The third kappa shape index (κ3) is 3.32. The Bertz CT molecular complexity index is 820. The van der Waals surface area contributed by atoms with Gasteiger partial charge in [0.2, 0.25) is 0 Å². The van der Waals surface area contributed by atoms with Crippen LogP contribution in [0.25, 0.3) is 0 Å². The predicted molar refractivity (Wildman–Crippen MR) is 89.5 cm³/mol. The van der Waals surface area contributed by atoms with Gasteiger partial charge in [-0.2, -0.15) is 5.26 Å². The molecule has 1 aromatic carbocycles. The van der Waals surface area contributed by atoms with Gasteiger partial charge in [-0.15, -0.1) is 11.3 Å². The fourth-order valence-corrected chi connectivity index (χ4v) is 3.54. The molecule has 0 bridgehead atoms. The molecule has 1 heterocycles. The second-order valence-corrected chi connectivity index (χ2v) is 6.25. The second kappa shape index (κ2) is 7.01. The zero-order valence-electron chi connectivity index (χ0n) is 12.1. The molecule has 8 heteroatoms. The SMILES string of the molecule is COC(=O)c1sc(NC(=O)c2c(Cl)cccc2Cl)c(C#N)c1C. The quantitative estimate of drug-likeness (QED) is 0.820. The second-order valence-electron chi connectivity index (χ2n) is 4.41. The molecule has 0 spiro atoms. The summed E-state index contributed by atoms with van der Waals surface area (Å²) in [6.45, 7) is 1.61. The number of hydrogen-bond acceptors (Lipinski definition) is 5. The first-order valence-corrected chi connectivity index (χ1v) is 7.85. The van der Waals surface area contributed by atoms with E-state index in [1.165, 1.54) is 19.2 Å². The molecule has 1 aromatic heterocycles. The molecule has 1 amide bonds. The molecule has 5 nitrogen and oxygen atoms in total. The number of nitrogens with zero attached hydrogens (tertiary/aromatic N) is 1. The van der Waals surface area contributed by atoms with Gasteiger partial charge in [-0.25, -0.2) is 4.79 Å². The predicted octanol–water partition coefficient (Wildman–Crippen LogP) is 4.27. The monoisotopic (exact) mass is 368 g/mol. The summed E-state index contributed by atoms with van der Waals surface area (Å²) >= 11 is 12.9. The minimum Gasteiger partial charge on any atom is -0.465 e. The molecule has 118 valence electrons. The average Bonchev–Trinajstić information content (AvgIpc) is 2.82. The molecule has 1 N–H and O–H groups in total. The van der Waals surface area contributed by atoms with Gasteiger partial charge in [-0.3, -0.25) is 4.79 Å². The van der Waals surface area contributed by atoms with E-state index in [1.807, 2.05) is 6.07 Å². The van der Waals surface area contributed by atoms with Crippen LogP contribution in [0.4, 0.5) is 5.00 Å². The van der Waals surface area contributed by atoms with Crippen molar-refractivity contribution in [3.05, 3.63) is 49.8 Å². The Hall–Kier alpha value is -2.07. The van der Waals surface area contributed by atoms with E-state index in [1.54, 1.807) is 13.0 Å². The minimum atomic E-state index is -0.569. The molecule has 0 aliphatic carbocycles. The van der Waals surface area contributed by atoms with E-state index in [0.717, 1.165) is 11.3 Å². The van der Waals surface area contributed by atoms with E-state index in [4.69, 9.17) is 23.2 Å². The van der Waals surface area contributed by atoms with Crippen LogP contribution in [0.3, 0.4) is 0 Å². The number of nitrogens with one attached hydrogen (secondary N) is 1. The molecule has 0 saturated carbocycles. The van der Waals surface area contributed by atoms with Crippen molar-refractivity contribution >= 4 is 51.4 Å². The number of carbonyl (C=O) groups excluding carboxylic acids is 2. The lowest BCUT2D eigenvalue weighted by Crippen LogP contribution is -2.13. The van der Waals surface area contributed by atoms with Gasteiger partial charge in [0, 0.05) is 0 Å². The molecule has 2 aromatic rings. The van der Waals surface area contributed by atoms with Crippen LogP contribution in [-0.4, -0.2) is 19.0 Å². The Labute approximate surface area is 146 Å². The largest absolute Gasteiger partial charge is 0.465 e. The number of hydrogen-bond donors (Lipinski definition) is 1. The van der Waals surface area contributed by atoms with Crippen LogP contribution < -0.4 is 5.32 Å². The highest BCUT2D eigenvalue weighted by atomic mass is 35.5. The number of amides is 1. The Balaban J connectivity index is 2.43. The number of nitriles is 1. The number of methoxy groups -OCH3 is 1. The smallest absolute Gasteiger partial charge is 0.348 e. The fourth-order valence-electron chi connectivity index (χ4n) is 1.90. The highest BCUT2D eigenvalue weighted by molar-refractivity contribution is 7.18. The maximum Gasteiger partial charge on any atom is 0.348 e. The summed E-state index contributed by atoms with van der Waals surface area (Å²) in [5.41, 5.74) is 0.752. The van der Waals surface area contributed by atoms with Crippen LogP contribution in [0.5, 0.6) is 0 Å². The Kier molecular flexibility index (Phi) is 5.26. The molecule has 0 saturated heterocycles. The van der Waals surface area contributed by atoms with Crippen molar-refractivity contribution in [1.29, 1.82) is 5.26 Å². The van der Waals surface area contributed by atoms with Crippen molar-refractivity contribution in [3.8, 4) is 6.07 Å². The lowest BCUT2D eigenvalue weighted by molar-refractivity contribution is 0.0605. The van der Waals surface area contributed by atoms with Gasteiger partial charge in [0.25, 0.3) is 5.91 Å². The van der Waals surface area contributed by atoms with E-state index in [0.29, 0.717) is 5.56 Å². The number of esters is 1. The maximum atomic E-state index is 12.4. The van der Waals surface area contributed by atoms with Crippen molar-refractivity contribution in [1.82, 2.24) is 0 Å². The van der Waals surface area contributed by atoms with Crippen LogP contribution in [0, 0.1) is 18.3 Å². The highest BCUT2D eigenvalue weighted by Gasteiger charge is 2.23. The number of carbonyl (C=O) groups is 2. The van der Waals surface area contributed by atoms with Gasteiger partial charge < -0.3 is 10.1 Å². The summed E-state index contributed by atoms with van der Waals surface area (Å²) in [5.74, 6) is -1.13. The topological polar surface area (TPSA) is 79.2 Å². The average molecular weight is 369 g/mol. The third-order valence-electron chi connectivity index (χ3n) is 3.05. The highest BCUT2D eigenvalue weighted by Crippen LogP contribution is 2.34. The zero-order valence-corrected chi connectivity index (χ0v) is 14.4. The van der Waals surface area contributed by atoms with Gasteiger partial charge in [0.15, 0.2) is 0 Å². The molecule has 0 aliphatic heterocycles. The lowest BCUT2D eigenvalue weighted by atomic mass is 10.1. The molecule has 0 aliphatic rings. The van der Waals surface area contributed by atoms with E-state index in [-0.39, 0.29) is 31.1 Å². The summed E-state index contributed by atoms with van der Waals surface area (Å²) in [4.78, 5) is 24.3. The molecular weight excluding hydrogens is 359 g/mol. The Morgan fingerprint density at radius 3 is 2.43 bits per heavy atom. The number of ether oxygens (including phenoxy) is 1. The van der Waals surface area contributed by atoms with Gasteiger partial charge in [-0.05, 0) is 24.6 Å². The lowest BCUT2D eigenvalue weighted by Gasteiger charge is -2.07. The fraction of sp³-hybridized carbons (Fsp3) is 0.133. The van der Waals surface area contributed by atoms with Crippen LogP contribution in [0.2, 0.25) is 10.0 Å². The van der Waals surface area contributed by atoms with Crippen LogP contribution in [0.1, 0.15) is 31.2 Å². The molecule has 23 heavy (non-hydrogen) atoms. The van der Waals surface area contributed by atoms with Crippen LogP contribution in [0.15, 0.2) is 18.2 Å². The van der Waals surface area contributed by atoms with Crippen molar-refractivity contribution in [3.63, 3.8) is 0 Å². The Morgan fingerprint density at radius 1 is 1.30 bits per heavy atom. The van der Waals surface area contributed by atoms with Crippen molar-refractivity contribution in [2.45, 2.75) is 6.92 Å². The van der Waals surface area contributed by atoms with E-state index < -0.39 is 11.9 Å². The molecular formula is C15H10Cl2N2O3S. The summed E-state index contributed by atoms with van der Waals surface area (Å²) in [5, 5.41) is 12.5. The zero-order chi connectivity index (χ0) is 17.1. The Morgan fingerprint density at radius 2 is 1.91 bits per heavy atom. The number of thiophene rings is 1. The third-order valence-corrected chi connectivity index (χ3v) is 4.86. The van der Waals surface area contributed by atoms with E-state index >= 15 is 0 Å². The molecule has 0 fully saturated rings. The van der Waals surface area contributed by atoms with Crippen molar-refractivity contribution < 1.29 is 14.3 Å². The van der Waals surface area contributed by atoms with Gasteiger partial charge >= 0.3 is 5.97 Å². The van der Waals surface area contributed by atoms with Crippen molar-refractivity contribution in [2.75, 3.05) is 12.4 Å². The van der Waals surface area contributed by atoms with Crippen LogP contribution >= 0.6 is 34.5 Å².